The zero-order chi connectivity index (χ0) is 8.27. The molecule has 0 spiro atoms. The summed E-state index contributed by atoms with van der Waals surface area (Å²) in [4.78, 5) is 13.1. The Labute approximate surface area is 63.3 Å². The van der Waals surface area contributed by atoms with Crippen LogP contribution in [0.4, 0.5) is 10.1 Å². The normalized spacial score (nSPS) is 9.64. The van der Waals surface area contributed by atoms with Gasteiger partial charge in [0.15, 0.2) is 0 Å². The van der Waals surface area contributed by atoms with E-state index in [4.69, 9.17) is 0 Å². The highest BCUT2D eigenvalue weighted by Gasteiger charge is 1.97. The lowest BCUT2D eigenvalue weighted by atomic mass is 10.4. The zero-order valence-electron chi connectivity index (χ0n) is 6.15. The van der Waals surface area contributed by atoms with Crippen LogP contribution in [0.1, 0.15) is 6.92 Å². The molecule has 0 aliphatic carbocycles. The number of hydrogen-bond donors (Lipinski definition) is 2. The molecule has 0 aliphatic rings. The van der Waals surface area contributed by atoms with E-state index in [0.29, 0.717) is 6.54 Å². The largest absolute Gasteiger partial charge is 0.381 e. The van der Waals surface area contributed by atoms with Crippen molar-refractivity contribution in [1.82, 2.24) is 4.98 Å². The minimum atomic E-state index is -0.444. The van der Waals surface area contributed by atoms with Gasteiger partial charge in [0.05, 0.1) is 0 Å². The molecule has 2 N–H and O–H groups in total. The Morgan fingerprint density at radius 3 is 3.09 bits per heavy atom. The monoisotopic (exact) mass is 156 g/mol. The van der Waals surface area contributed by atoms with E-state index in [1.54, 1.807) is 0 Å². The summed E-state index contributed by atoms with van der Waals surface area (Å²) in [6.45, 7) is 2.44. The maximum Gasteiger partial charge on any atom is 0.271 e. The number of aromatic amines is 1. The van der Waals surface area contributed by atoms with E-state index in [-0.39, 0.29) is 11.2 Å². The van der Waals surface area contributed by atoms with Crippen molar-refractivity contribution in [2.75, 3.05) is 11.9 Å². The number of rotatable bonds is 2. The number of halogens is 1. The lowest BCUT2D eigenvalue weighted by Crippen LogP contribution is -2.13. The van der Waals surface area contributed by atoms with Crippen LogP contribution in [0.3, 0.4) is 0 Å². The Morgan fingerprint density at radius 2 is 2.45 bits per heavy atom. The zero-order valence-corrected chi connectivity index (χ0v) is 6.15. The first-order valence-corrected chi connectivity index (χ1v) is 3.36. The van der Waals surface area contributed by atoms with E-state index in [1.807, 2.05) is 6.92 Å². The van der Waals surface area contributed by atoms with Crippen LogP contribution in [0.25, 0.3) is 0 Å². The molecule has 0 fully saturated rings. The molecule has 0 saturated carbocycles. The van der Waals surface area contributed by atoms with Gasteiger partial charge in [0.1, 0.15) is 11.5 Å². The molecule has 1 aromatic heterocycles. The molecule has 4 heteroatoms. The van der Waals surface area contributed by atoms with Crippen molar-refractivity contribution in [2.45, 2.75) is 6.92 Å². The first-order valence-electron chi connectivity index (χ1n) is 3.36. The van der Waals surface area contributed by atoms with Crippen LogP contribution in [0.2, 0.25) is 0 Å². The number of anilines is 1. The van der Waals surface area contributed by atoms with Crippen molar-refractivity contribution in [3.63, 3.8) is 0 Å². The molecule has 60 valence electrons. The first-order chi connectivity index (χ1) is 5.24. The fourth-order valence-corrected chi connectivity index (χ4v) is 0.779. The molecule has 0 bridgehead atoms. The van der Waals surface area contributed by atoms with Crippen molar-refractivity contribution < 1.29 is 4.39 Å². The van der Waals surface area contributed by atoms with E-state index in [9.17, 15) is 9.18 Å². The SMILES string of the molecule is CCNc1cc(F)c[nH]c1=O. The predicted octanol–water partition coefficient (Wildman–Crippen LogP) is 0.946. The van der Waals surface area contributed by atoms with Crippen molar-refractivity contribution >= 4 is 5.69 Å². The van der Waals surface area contributed by atoms with Gasteiger partial charge in [0.25, 0.3) is 5.56 Å². The average Bonchev–Trinajstić information content (AvgIpc) is 1.98. The maximum absolute atomic E-state index is 12.5. The Morgan fingerprint density at radius 1 is 1.73 bits per heavy atom. The summed E-state index contributed by atoms with van der Waals surface area (Å²) in [6.07, 6.45) is 1.03. The molecule has 1 aromatic rings. The van der Waals surface area contributed by atoms with Crippen LogP contribution in [0.5, 0.6) is 0 Å². The van der Waals surface area contributed by atoms with Crippen LogP contribution >= 0.6 is 0 Å². The molecule has 1 heterocycles. The highest BCUT2D eigenvalue weighted by atomic mass is 19.1. The third-order valence-electron chi connectivity index (χ3n) is 1.24. The fourth-order valence-electron chi connectivity index (χ4n) is 0.779. The minimum Gasteiger partial charge on any atom is -0.381 e. The second kappa shape index (κ2) is 3.18. The summed E-state index contributed by atoms with van der Waals surface area (Å²) >= 11 is 0. The van der Waals surface area contributed by atoms with Crippen molar-refractivity contribution in [1.29, 1.82) is 0 Å². The van der Waals surface area contributed by atoms with Crippen LogP contribution in [0, 0.1) is 5.82 Å². The van der Waals surface area contributed by atoms with Gasteiger partial charge in [0.2, 0.25) is 0 Å². The Bertz CT molecular complexity index is 295. The van der Waals surface area contributed by atoms with Crippen LogP contribution in [-0.4, -0.2) is 11.5 Å². The van der Waals surface area contributed by atoms with Crippen molar-refractivity contribution in [3.8, 4) is 0 Å². The van der Waals surface area contributed by atoms with Crippen LogP contribution in [-0.2, 0) is 0 Å². The Kier molecular flexibility index (Phi) is 2.25. The van der Waals surface area contributed by atoms with E-state index in [2.05, 4.69) is 10.3 Å². The summed E-state index contributed by atoms with van der Waals surface area (Å²) in [6, 6.07) is 1.17. The standard InChI is InChI=1S/C7H9FN2O/c1-2-9-6-3-5(8)4-10-7(6)11/h3-4,9H,2H2,1H3,(H,10,11). The third kappa shape index (κ3) is 1.80. The topological polar surface area (TPSA) is 44.9 Å². The van der Waals surface area contributed by atoms with Gasteiger partial charge in [-0.2, -0.15) is 0 Å². The molecule has 0 atom stereocenters. The summed E-state index contributed by atoms with van der Waals surface area (Å²) in [5.41, 5.74) is -0.0271. The lowest BCUT2D eigenvalue weighted by molar-refractivity contribution is 0.620. The molecule has 0 saturated heterocycles. The van der Waals surface area contributed by atoms with Gasteiger partial charge >= 0.3 is 0 Å². The minimum absolute atomic E-state index is 0.271. The number of hydrogen-bond acceptors (Lipinski definition) is 2. The molecular weight excluding hydrogens is 147 g/mol. The lowest BCUT2D eigenvalue weighted by Gasteiger charge is -1.99. The molecular formula is C7H9FN2O. The molecule has 0 amide bonds. The number of pyridine rings is 1. The van der Waals surface area contributed by atoms with E-state index >= 15 is 0 Å². The highest BCUT2D eigenvalue weighted by Crippen LogP contribution is 1.99. The van der Waals surface area contributed by atoms with Crippen LogP contribution < -0.4 is 10.9 Å². The van der Waals surface area contributed by atoms with Gasteiger partial charge in [-0.3, -0.25) is 4.79 Å². The van der Waals surface area contributed by atoms with Gasteiger partial charge < -0.3 is 10.3 Å². The van der Waals surface area contributed by atoms with Gasteiger partial charge in [-0.15, -0.1) is 0 Å². The van der Waals surface area contributed by atoms with Gasteiger partial charge in [-0.05, 0) is 6.92 Å². The summed E-state index contributed by atoms with van der Waals surface area (Å²) in [7, 11) is 0. The second-order valence-corrected chi connectivity index (χ2v) is 2.09. The first kappa shape index (κ1) is 7.78. The highest BCUT2D eigenvalue weighted by molar-refractivity contribution is 5.39. The Hall–Kier alpha value is -1.32. The third-order valence-corrected chi connectivity index (χ3v) is 1.24. The fraction of sp³-hybridized carbons (Fsp3) is 0.286. The average molecular weight is 156 g/mol. The van der Waals surface area contributed by atoms with Crippen LogP contribution in [0.15, 0.2) is 17.1 Å². The molecule has 1 rings (SSSR count). The van der Waals surface area contributed by atoms with Gasteiger partial charge in [0, 0.05) is 18.8 Å². The summed E-state index contributed by atoms with van der Waals surface area (Å²) < 4.78 is 12.5. The smallest absolute Gasteiger partial charge is 0.271 e. The predicted molar refractivity (Wildman–Crippen MR) is 41.2 cm³/mol. The molecule has 0 unspecified atom stereocenters. The molecule has 3 nitrogen and oxygen atoms in total. The van der Waals surface area contributed by atoms with Gasteiger partial charge in [-0.25, -0.2) is 4.39 Å². The summed E-state index contributed by atoms with van der Waals surface area (Å²) in [5.74, 6) is -0.444. The van der Waals surface area contributed by atoms with E-state index in [1.165, 1.54) is 6.07 Å². The molecule has 0 aliphatic heterocycles. The molecule has 11 heavy (non-hydrogen) atoms. The number of aromatic nitrogens is 1. The number of H-pyrrole nitrogens is 1. The Balaban J connectivity index is 3.03. The van der Waals surface area contributed by atoms with Crippen molar-refractivity contribution in [3.05, 3.63) is 28.4 Å². The second-order valence-electron chi connectivity index (χ2n) is 2.09. The molecule has 0 radical (unpaired) electrons. The van der Waals surface area contributed by atoms with Crippen molar-refractivity contribution in [2.24, 2.45) is 0 Å². The van der Waals surface area contributed by atoms with Gasteiger partial charge in [-0.1, -0.05) is 0 Å². The van der Waals surface area contributed by atoms with E-state index < -0.39 is 5.82 Å². The number of nitrogens with one attached hydrogen (secondary N) is 2. The summed E-state index contributed by atoms with van der Waals surface area (Å²) in [5, 5.41) is 2.73. The molecule has 0 aromatic carbocycles. The quantitative estimate of drug-likeness (QED) is 0.669. The maximum atomic E-state index is 12.5. The van der Waals surface area contributed by atoms with E-state index in [0.717, 1.165) is 6.20 Å².